The molecule has 1 aromatic heterocycles. The average molecular weight is 387 g/mol. The molecular formula is C20H25N3O5. The summed E-state index contributed by atoms with van der Waals surface area (Å²) in [4.78, 5) is 27.4. The Morgan fingerprint density at radius 2 is 1.93 bits per heavy atom. The summed E-state index contributed by atoms with van der Waals surface area (Å²) < 4.78 is 10.4. The topological polar surface area (TPSA) is 115 Å². The number of amides is 1. The van der Waals surface area contributed by atoms with Gasteiger partial charge in [0.2, 0.25) is 17.6 Å². The van der Waals surface area contributed by atoms with Gasteiger partial charge in [0.1, 0.15) is 5.75 Å². The van der Waals surface area contributed by atoms with Crippen molar-refractivity contribution in [2.24, 2.45) is 5.92 Å². The molecule has 2 aromatic rings. The van der Waals surface area contributed by atoms with E-state index >= 15 is 0 Å². The highest BCUT2D eigenvalue weighted by atomic mass is 16.5. The molecule has 1 aromatic carbocycles. The number of ether oxygens (including phenoxy) is 1. The zero-order chi connectivity index (χ0) is 19.9. The van der Waals surface area contributed by atoms with Crippen LogP contribution in [-0.4, -0.2) is 40.3 Å². The molecule has 0 bridgehead atoms. The highest BCUT2D eigenvalue weighted by Gasteiger charge is 2.26. The number of hydrogen-bond acceptors (Lipinski definition) is 6. The zero-order valence-corrected chi connectivity index (χ0v) is 15.9. The van der Waals surface area contributed by atoms with Gasteiger partial charge in [-0.05, 0) is 56.4 Å². The Balaban J connectivity index is 1.40. The lowest BCUT2D eigenvalue weighted by atomic mass is 9.86. The summed E-state index contributed by atoms with van der Waals surface area (Å²) in [6.07, 6.45) is 4.20. The summed E-state index contributed by atoms with van der Waals surface area (Å²) in [6.45, 7) is 0. The van der Waals surface area contributed by atoms with E-state index in [0.717, 1.165) is 24.2 Å². The number of aryl methyl sites for hydroxylation is 1. The molecule has 0 spiro atoms. The smallest absolute Gasteiger partial charge is 0.306 e. The SMILES string of the molecule is COc1ccc(-c2noc(CCCC(=O)NC3CCC(C(=O)O)CC3)n2)cc1. The Morgan fingerprint density at radius 3 is 2.57 bits per heavy atom. The van der Waals surface area contributed by atoms with Crippen LogP contribution in [-0.2, 0) is 16.0 Å². The van der Waals surface area contributed by atoms with Crippen LogP contribution in [0, 0.1) is 5.92 Å². The molecule has 0 radical (unpaired) electrons. The van der Waals surface area contributed by atoms with E-state index in [1.807, 2.05) is 24.3 Å². The number of carbonyl (C=O) groups is 2. The second-order valence-electron chi connectivity index (χ2n) is 7.05. The van der Waals surface area contributed by atoms with E-state index in [2.05, 4.69) is 15.5 Å². The molecule has 150 valence electrons. The van der Waals surface area contributed by atoms with E-state index in [1.54, 1.807) is 7.11 Å². The Bertz CT molecular complexity index is 794. The molecule has 1 saturated carbocycles. The first kappa shape index (κ1) is 19.9. The average Bonchev–Trinajstić information content (AvgIpc) is 3.17. The van der Waals surface area contributed by atoms with Crippen LogP contribution < -0.4 is 10.1 Å². The molecule has 0 saturated heterocycles. The molecule has 0 atom stereocenters. The number of methoxy groups -OCH3 is 1. The van der Waals surface area contributed by atoms with Crippen molar-refractivity contribution in [1.82, 2.24) is 15.5 Å². The van der Waals surface area contributed by atoms with Crippen LogP contribution in [0.2, 0.25) is 0 Å². The summed E-state index contributed by atoms with van der Waals surface area (Å²) in [6, 6.07) is 7.47. The molecule has 3 rings (SSSR count). The minimum atomic E-state index is -0.738. The Hall–Kier alpha value is -2.90. The van der Waals surface area contributed by atoms with Crippen LogP contribution in [0.25, 0.3) is 11.4 Å². The number of hydrogen-bond donors (Lipinski definition) is 2. The second kappa shape index (κ2) is 9.34. The van der Waals surface area contributed by atoms with E-state index in [0.29, 0.717) is 43.8 Å². The predicted molar refractivity (Wildman–Crippen MR) is 101 cm³/mol. The number of nitrogens with zero attached hydrogens (tertiary/aromatic N) is 2. The lowest BCUT2D eigenvalue weighted by molar-refractivity contribution is -0.142. The molecule has 1 fully saturated rings. The normalized spacial score (nSPS) is 19.2. The number of rotatable bonds is 8. The van der Waals surface area contributed by atoms with Crippen molar-refractivity contribution in [3.05, 3.63) is 30.2 Å². The number of aromatic nitrogens is 2. The minimum Gasteiger partial charge on any atom is -0.497 e. The van der Waals surface area contributed by atoms with Crippen molar-refractivity contribution in [2.45, 2.75) is 51.0 Å². The number of nitrogens with one attached hydrogen (secondary N) is 1. The van der Waals surface area contributed by atoms with E-state index < -0.39 is 5.97 Å². The van der Waals surface area contributed by atoms with E-state index in [1.165, 1.54) is 0 Å². The number of carboxylic acids is 1. The predicted octanol–water partition coefficient (Wildman–Crippen LogP) is 2.83. The quantitative estimate of drug-likeness (QED) is 0.716. The first-order valence-electron chi connectivity index (χ1n) is 9.54. The fourth-order valence-electron chi connectivity index (χ4n) is 3.40. The molecule has 8 nitrogen and oxygen atoms in total. The van der Waals surface area contributed by atoms with Crippen molar-refractivity contribution in [3.63, 3.8) is 0 Å². The number of carboxylic acid groups (broad SMARTS) is 1. The van der Waals surface area contributed by atoms with Crippen LogP contribution in [0.4, 0.5) is 0 Å². The zero-order valence-electron chi connectivity index (χ0n) is 15.9. The third kappa shape index (κ3) is 5.31. The molecule has 0 aliphatic heterocycles. The van der Waals surface area contributed by atoms with Crippen LogP contribution in [0.5, 0.6) is 5.75 Å². The molecule has 2 N–H and O–H groups in total. The van der Waals surface area contributed by atoms with Gasteiger partial charge in [-0.3, -0.25) is 9.59 Å². The summed E-state index contributed by atoms with van der Waals surface area (Å²) >= 11 is 0. The third-order valence-electron chi connectivity index (χ3n) is 5.05. The molecule has 1 aliphatic carbocycles. The van der Waals surface area contributed by atoms with Gasteiger partial charge in [-0.25, -0.2) is 0 Å². The molecular weight excluding hydrogens is 362 g/mol. The van der Waals surface area contributed by atoms with Gasteiger partial charge in [0, 0.05) is 24.4 Å². The van der Waals surface area contributed by atoms with Crippen molar-refractivity contribution < 1.29 is 24.0 Å². The van der Waals surface area contributed by atoms with Crippen molar-refractivity contribution in [3.8, 4) is 17.1 Å². The molecule has 1 heterocycles. The van der Waals surface area contributed by atoms with Crippen LogP contribution in [0.15, 0.2) is 28.8 Å². The number of aliphatic carboxylic acids is 1. The maximum atomic E-state index is 12.1. The van der Waals surface area contributed by atoms with Crippen molar-refractivity contribution in [1.29, 1.82) is 0 Å². The lowest BCUT2D eigenvalue weighted by Gasteiger charge is -2.26. The fourth-order valence-corrected chi connectivity index (χ4v) is 3.40. The van der Waals surface area contributed by atoms with Gasteiger partial charge >= 0.3 is 5.97 Å². The third-order valence-corrected chi connectivity index (χ3v) is 5.05. The molecule has 1 amide bonds. The Kier molecular flexibility index (Phi) is 6.62. The highest BCUT2D eigenvalue weighted by molar-refractivity contribution is 5.76. The van der Waals surface area contributed by atoms with Crippen LogP contribution in [0.3, 0.4) is 0 Å². The van der Waals surface area contributed by atoms with E-state index in [-0.39, 0.29) is 17.9 Å². The highest BCUT2D eigenvalue weighted by Crippen LogP contribution is 2.24. The minimum absolute atomic E-state index is 0.0198. The monoisotopic (exact) mass is 387 g/mol. The van der Waals surface area contributed by atoms with Gasteiger partial charge in [0.05, 0.1) is 13.0 Å². The maximum absolute atomic E-state index is 12.1. The summed E-state index contributed by atoms with van der Waals surface area (Å²) in [5.74, 6) is 0.741. The van der Waals surface area contributed by atoms with Gasteiger partial charge in [-0.15, -0.1) is 0 Å². The first-order chi connectivity index (χ1) is 13.5. The standard InChI is InChI=1S/C20H25N3O5/c1-27-16-11-7-13(8-12-16)19-22-18(28-23-19)4-2-3-17(24)21-15-9-5-14(6-10-15)20(25)26/h7-8,11-12,14-15H,2-6,9-10H2,1H3,(H,21,24)(H,25,26). The Morgan fingerprint density at radius 1 is 1.21 bits per heavy atom. The van der Waals surface area contributed by atoms with Crippen LogP contribution in [0.1, 0.15) is 44.4 Å². The van der Waals surface area contributed by atoms with Gasteiger partial charge < -0.3 is 19.7 Å². The maximum Gasteiger partial charge on any atom is 0.306 e. The number of carbonyl (C=O) groups excluding carboxylic acids is 1. The van der Waals surface area contributed by atoms with Gasteiger partial charge in [-0.2, -0.15) is 4.98 Å². The Labute approximate surface area is 163 Å². The van der Waals surface area contributed by atoms with Gasteiger partial charge in [0.25, 0.3) is 0 Å². The summed E-state index contributed by atoms with van der Waals surface area (Å²) in [5.41, 5.74) is 0.838. The largest absolute Gasteiger partial charge is 0.497 e. The lowest BCUT2D eigenvalue weighted by Crippen LogP contribution is -2.38. The van der Waals surface area contributed by atoms with Crippen molar-refractivity contribution >= 4 is 11.9 Å². The fraction of sp³-hybridized carbons (Fsp3) is 0.500. The summed E-state index contributed by atoms with van der Waals surface area (Å²) in [7, 11) is 1.61. The van der Waals surface area contributed by atoms with E-state index in [4.69, 9.17) is 14.4 Å². The van der Waals surface area contributed by atoms with Gasteiger partial charge in [-0.1, -0.05) is 5.16 Å². The van der Waals surface area contributed by atoms with Gasteiger partial charge in [0.15, 0.2) is 0 Å². The van der Waals surface area contributed by atoms with E-state index in [9.17, 15) is 9.59 Å². The first-order valence-corrected chi connectivity index (χ1v) is 9.54. The van der Waals surface area contributed by atoms with Crippen LogP contribution >= 0.6 is 0 Å². The second-order valence-corrected chi connectivity index (χ2v) is 7.05. The summed E-state index contributed by atoms with van der Waals surface area (Å²) in [5, 5.41) is 16.0. The molecule has 8 heteroatoms. The molecule has 28 heavy (non-hydrogen) atoms. The number of benzene rings is 1. The molecule has 1 aliphatic rings. The molecule has 0 unspecified atom stereocenters. The van der Waals surface area contributed by atoms with Crippen molar-refractivity contribution in [2.75, 3.05) is 7.11 Å².